The van der Waals surface area contributed by atoms with Gasteiger partial charge in [0.1, 0.15) is 0 Å². The van der Waals surface area contributed by atoms with Crippen molar-refractivity contribution in [2.75, 3.05) is 26.1 Å². The number of nitrogens with zero attached hydrogens (tertiary/aromatic N) is 1. The van der Waals surface area contributed by atoms with Gasteiger partial charge in [-0.1, -0.05) is 18.2 Å². The molecule has 0 spiro atoms. The molecule has 0 saturated carbocycles. The van der Waals surface area contributed by atoms with E-state index in [2.05, 4.69) is 0 Å². The smallest absolute Gasteiger partial charge is 0.377 e. The number of anilines is 1. The van der Waals surface area contributed by atoms with Crippen molar-refractivity contribution in [1.29, 1.82) is 0 Å². The number of methoxy groups -OCH3 is 1. The molecule has 17 heteroatoms. The lowest BCUT2D eigenvalue weighted by Crippen LogP contribution is -2.72. The summed E-state index contributed by atoms with van der Waals surface area (Å²) < 4.78 is 207. The molecule has 1 aromatic rings. The van der Waals surface area contributed by atoms with E-state index in [9.17, 15) is 65.9 Å². The third-order valence-corrected chi connectivity index (χ3v) is 5.36. The van der Waals surface area contributed by atoms with Crippen LogP contribution in [0.3, 0.4) is 0 Å². The molecule has 0 aliphatic heterocycles. The quantitative estimate of drug-likeness (QED) is 0.277. The molecule has 1 aromatic carbocycles. The lowest BCUT2D eigenvalue weighted by Gasteiger charge is -2.43. The summed E-state index contributed by atoms with van der Waals surface area (Å²) in [6.07, 6.45) is -10.3. The molecule has 1 atom stereocenters. The normalized spacial score (nSPS) is 16.6. The monoisotopic (exact) mass is 561 g/mol. The fraction of sp³-hybridized carbons (Fsp3) is 0.684. The van der Waals surface area contributed by atoms with Crippen molar-refractivity contribution >= 4 is 5.69 Å². The lowest BCUT2D eigenvalue weighted by atomic mass is 9.83. The zero-order valence-electron chi connectivity index (χ0n) is 18.5. The summed E-state index contributed by atoms with van der Waals surface area (Å²) in [5, 5.41) is 0. The summed E-state index contributed by atoms with van der Waals surface area (Å²) in [7, 11) is 3.25. The summed E-state index contributed by atoms with van der Waals surface area (Å²) in [5.74, 6) is -46.8. The molecule has 0 saturated heterocycles. The first-order valence-corrected chi connectivity index (χ1v) is 9.35. The van der Waals surface area contributed by atoms with Crippen molar-refractivity contribution in [1.82, 2.24) is 0 Å². The fourth-order valence-corrected chi connectivity index (χ4v) is 3.12. The largest absolute Gasteiger partial charge is 0.460 e. The van der Waals surface area contributed by atoms with Gasteiger partial charge < -0.3 is 9.64 Å². The highest BCUT2D eigenvalue weighted by atomic mass is 19.4. The molecule has 1 rings (SSSR count). The first-order valence-electron chi connectivity index (χ1n) is 9.35. The minimum atomic E-state index is -8.32. The Labute approximate surface area is 194 Å². The van der Waals surface area contributed by atoms with Crippen LogP contribution < -0.4 is 4.90 Å². The Balaban J connectivity index is 3.67. The van der Waals surface area contributed by atoms with Gasteiger partial charge in [0.25, 0.3) is 0 Å². The van der Waals surface area contributed by atoms with Gasteiger partial charge in [-0.05, 0) is 13.0 Å². The highest BCUT2D eigenvalue weighted by molar-refractivity contribution is 5.55. The molecule has 0 heterocycles. The maximum absolute atomic E-state index is 14.5. The second-order valence-electron chi connectivity index (χ2n) is 8.10. The van der Waals surface area contributed by atoms with Gasteiger partial charge in [-0.3, -0.25) is 0 Å². The third-order valence-electron chi connectivity index (χ3n) is 5.36. The van der Waals surface area contributed by atoms with Crippen molar-refractivity contribution in [3.8, 4) is 0 Å². The molecule has 1 unspecified atom stereocenters. The predicted octanol–water partition coefficient (Wildman–Crippen LogP) is 7.38. The van der Waals surface area contributed by atoms with E-state index in [0.717, 1.165) is 12.1 Å². The van der Waals surface area contributed by atoms with Crippen LogP contribution in [0.4, 0.5) is 71.5 Å². The Morgan fingerprint density at radius 2 is 1.03 bits per heavy atom. The van der Waals surface area contributed by atoms with E-state index in [1.165, 1.54) is 31.1 Å². The van der Waals surface area contributed by atoms with E-state index in [1.54, 1.807) is 0 Å². The van der Waals surface area contributed by atoms with Crippen LogP contribution in [0, 0.1) is 0 Å². The summed E-state index contributed by atoms with van der Waals surface area (Å²) >= 11 is 0. The highest BCUT2D eigenvalue weighted by Crippen LogP contribution is 2.63. The molecule has 0 aromatic heterocycles. The summed E-state index contributed by atoms with van der Waals surface area (Å²) in [6.45, 7) is 0.613. The molecule has 210 valence electrons. The maximum Gasteiger partial charge on any atom is 0.460 e. The molecule has 0 aliphatic carbocycles. The number of hydrogen-bond donors (Lipinski definition) is 0. The van der Waals surface area contributed by atoms with Gasteiger partial charge in [-0.15, -0.1) is 0 Å². The van der Waals surface area contributed by atoms with Crippen molar-refractivity contribution < 1.29 is 70.6 Å². The molecule has 0 fully saturated rings. The van der Waals surface area contributed by atoms with Gasteiger partial charge in [-0.25, -0.2) is 0 Å². The van der Waals surface area contributed by atoms with Gasteiger partial charge in [0.2, 0.25) is 0 Å². The summed E-state index contributed by atoms with van der Waals surface area (Å²) in [5.41, 5.74) is -3.16. The van der Waals surface area contributed by atoms with Crippen LogP contribution in [-0.2, 0) is 10.3 Å². The van der Waals surface area contributed by atoms with Crippen LogP contribution in [-0.4, -0.2) is 62.9 Å². The molecule has 0 amide bonds. The lowest BCUT2D eigenvalue weighted by molar-refractivity contribution is -0.453. The molecule has 2 nitrogen and oxygen atoms in total. The average molecular weight is 561 g/mol. The zero-order chi connectivity index (χ0) is 29.0. The number of rotatable bonds is 10. The van der Waals surface area contributed by atoms with Crippen LogP contribution in [0.5, 0.6) is 0 Å². The predicted molar refractivity (Wildman–Crippen MR) is 95.5 cm³/mol. The number of halogens is 15. The van der Waals surface area contributed by atoms with Crippen molar-refractivity contribution in [3.63, 3.8) is 0 Å². The standard InChI is InChI=1S/C19H18F15NO/c1-12(36-4,10-7-5-6-8-11(10)35(2)3)9-13(20,21)14(22,23)15(24,25)16(26,27)17(28,29)18(30,31)19(32,33)34/h5-8H,9H2,1-4H3. The number of alkyl halides is 15. The first kappa shape index (κ1) is 32.0. The van der Waals surface area contributed by atoms with Crippen molar-refractivity contribution in [2.45, 2.75) is 60.7 Å². The molecule has 0 bridgehead atoms. The van der Waals surface area contributed by atoms with Gasteiger partial charge in [0.15, 0.2) is 0 Å². The Kier molecular flexibility index (Phi) is 8.03. The molecule has 0 radical (unpaired) electrons. The van der Waals surface area contributed by atoms with E-state index in [4.69, 9.17) is 4.74 Å². The Morgan fingerprint density at radius 1 is 0.639 bits per heavy atom. The second-order valence-corrected chi connectivity index (χ2v) is 8.10. The molecule has 0 N–H and O–H groups in total. The minimum Gasteiger partial charge on any atom is -0.377 e. The highest BCUT2D eigenvalue weighted by Gasteiger charge is 2.93. The van der Waals surface area contributed by atoms with Crippen molar-refractivity contribution in [3.05, 3.63) is 29.8 Å². The van der Waals surface area contributed by atoms with Gasteiger partial charge in [0.05, 0.1) is 12.0 Å². The fourth-order valence-electron chi connectivity index (χ4n) is 3.12. The summed E-state index contributed by atoms with van der Waals surface area (Å²) in [4.78, 5) is 1.21. The Bertz CT molecular complexity index is 926. The minimum absolute atomic E-state index is 0.0330. The Morgan fingerprint density at radius 3 is 1.42 bits per heavy atom. The molecular weight excluding hydrogens is 543 g/mol. The van der Waals surface area contributed by atoms with E-state index >= 15 is 0 Å². The van der Waals surface area contributed by atoms with Gasteiger partial charge in [0, 0.05) is 32.5 Å². The first-order chi connectivity index (χ1) is 15.7. The third kappa shape index (κ3) is 4.55. The van der Waals surface area contributed by atoms with Crippen LogP contribution >= 0.6 is 0 Å². The number of para-hydroxylation sites is 1. The molecular formula is C19H18F15NO. The van der Waals surface area contributed by atoms with Crippen molar-refractivity contribution in [2.24, 2.45) is 0 Å². The number of ether oxygens (including phenoxy) is 1. The van der Waals surface area contributed by atoms with Gasteiger partial charge >= 0.3 is 41.7 Å². The second kappa shape index (κ2) is 9.04. The molecule has 36 heavy (non-hydrogen) atoms. The van der Waals surface area contributed by atoms with Crippen LogP contribution in [0.2, 0.25) is 0 Å². The number of benzene rings is 1. The van der Waals surface area contributed by atoms with E-state index in [1.807, 2.05) is 0 Å². The number of hydrogen-bond acceptors (Lipinski definition) is 2. The average Bonchev–Trinajstić information content (AvgIpc) is 2.71. The SMILES string of the molecule is COC(C)(CC(F)(F)C(F)(F)C(F)(F)C(F)(F)C(F)(F)C(F)(F)C(F)(F)F)c1ccccc1N(C)C. The van der Waals surface area contributed by atoms with Crippen LogP contribution in [0.25, 0.3) is 0 Å². The maximum atomic E-state index is 14.5. The topological polar surface area (TPSA) is 12.5 Å². The van der Waals surface area contributed by atoms with E-state index in [-0.39, 0.29) is 5.69 Å². The van der Waals surface area contributed by atoms with Crippen LogP contribution in [0.15, 0.2) is 24.3 Å². The van der Waals surface area contributed by atoms with E-state index < -0.39 is 59.3 Å². The van der Waals surface area contributed by atoms with Gasteiger partial charge in [-0.2, -0.15) is 65.9 Å². The van der Waals surface area contributed by atoms with Crippen LogP contribution in [0.1, 0.15) is 18.9 Å². The zero-order valence-corrected chi connectivity index (χ0v) is 18.5. The molecule has 0 aliphatic rings. The van der Waals surface area contributed by atoms with E-state index in [0.29, 0.717) is 14.0 Å². The summed E-state index contributed by atoms with van der Waals surface area (Å²) in [6, 6.07) is 4.67. The Hall–Kier alpha value is -2.07.